The van der Waals surface area contributed by atoms with Gasteiger partial charge in [-0.15, -0.1) is 0 Å². The highest BCUT2D eigenvalue weighted by Crippen LogP contribution is 2.11. The van der Waals surface area contributed by atoms with E-state index < -0.39 is 50.0 Å². The van der Waals surface area contributed by atoms with E-state index in [0.717, 1.165) is 66.2 Å². The number of rotatable bonds is 12. The number of benzene rings is 6. The zero-order valence-electron chi connectivity index (χ0n) is 55.4. The van der Waals surface area contributed by atoms with Crippen LogP contribution in [0.1, 0.15) is 33.4 Å². The Morgan fingerprint density at radius 3 is 0.333 bits per heavy atom. The number of halogens is 6. The fraction of sp³-hybridized carbons (Fsp3) is 0.400. The third-order valence-electron chi connectivity index (χ3n) is 9.00. The first-order chi connectivity index (χ1) is 40.9. The third kappa shape index (κ3) is 105. The van der Waals surface area contributed by atoms with E-state index in [0.29, 0.717) is 0 Å². The van der Waals surface area contributed by atoms with Crippen LogP contribution in [0.5, 0.6) is 0 Å². The summed E-state index contributed by atoms with van der Waals surface area (Å²) in [7, 11) is 16.3. The predicted octanol–water partition coefficient (Wildman–Crippen LogP) is 9.59. The SMILES string of the molecule is C[N+](C)(C)Cc1ccccc1.C[N+](C)(C)Cc1ccccc1.C[N+](C)(C)Cc1ccccc1.C[N+](C)(C)Cc1ccccc1.C[N+](C)(C)Cc1ccccc1.C[N+](C)(C)Cc1ccccc1.O=[PH]([O-])F.O=[PH]([O-])F.O=[PH]([O-])F.O=[PH]([O-])F.O=[PH]([O-])F.O=[PH]([O-])F. The molecule has 0 amide bonds. The first kappa shape index (κ1) is 96.9. The summed E-state index contributed by atoms with van der Waals surface area (Å²) in [5.41, 5.74) is 8.42. The lowest BCUT2D eigenvalue weighted by Crippen LogP contribution is -2.33. The second-order valence-electron chi connectivity index (χ2n) is 25.0. The molecule has 0 saturated heterocycles. The molecule has 6 rings (SSSR count). The van der Waals surface area contributed by atoms with Gasteiger partial charge in [-0.2, -0.15) is 0 Å². The smallest absolute Gasteiger partial charge is 0.169 e. The normalized spacial score (nSPS) is 12.6. The van der Waals surface area contributed by atoms with Gasteiger partial charge in [0.15, 0.2) is 50.0 Å². The van der Waals surface area contributed by atoms with E-state index in [2.05, 4.69) is 309 Å². The minimum Gasteiger partial charge on any atom is -0.777 e. The second-order valence-corrected chi connectivity index (χ2v) is 27.9. The quantitative estimate of drug-likeness (QED) is 0.0632. The van der Waals surface area contributed by atoms with E-state index in [-0.39, 0.29) is 0 Å². The first-order valence-corrected chi connectivity index (χ1v) is 34.3. The van der Waals surface area contributed by atoms with Gasteiger partial charge in [0.05, 0.1) is 127 Å². The van der Waals surface area contributed by atoms with Gasteiger partial charge in [-0.1, -0.05) is 182 Å². The van der Waals surface area contributed by atoms with Gasteiger partial charge in [0.2, 0.25) is 0 Å². The van der Waals surface area contributed by atoms with Crippen LogP contribution in [0.3, 0.4) is 0 Å². The van der Waals surface area contributed by atoms with Crippen LogP contribution in [-0.2, 0) is 66.7 Å². The average Bonchev–Trinajstić information content (AvgIpc) is 3.30. The van der Waals surface area contributed by atoms with Crippen LogP contribution >= 0.6 is 50.0 Å². The molecule has 6 unspecified atom stereocenters. The molecule has 90 heavy (non-hydrogen) atoms. The van der Waals surface area contributed by atoms with Crippen LogP contribution in [-0.4, -0.2) is 154 Å². The van der Waals surface area contributed by atoms with Crippen molar-refractivity contribution in [2.45, 2.75) is 39.3 Å². The van der Waals surface area contributed by atoms with Crippen molar-refractivity contribution in [2.75, 3.05) is 127 Å². The average molecular weight is 1400 g/mol. The maximum atomic E-state index is 9.99. The van der Waals surface area contributed by atoms with E-state index in [4.69, 9.17) is 56.8 Å². The lowest BCUT2D eigenvalue weighted by molar-refractivity contribution is -0.884. The molecular formula is C60H102F6N6O12P6. The molecule has 6 atom stereocenters. The van der Waals surface area contributed by atoms with Gasteiger partial charge in [-0.25, -0.2) is 25.2 Å². The minimum absolute atomic E-state index is 0.990. The highest BCUT2D eigenvalue weighted by Gasteiger charge is 2.10. The number of quaternary nitrogens is 6. The van der Waals surface area contributed by atoms with E-state index in [1.54, 1.807) is 0 Å². The van der Waals surface area contributed by atoms with Crippen molar-refractivity contribution in [3.05, 3.63) is 215 Å². The molecule has 516 valence electrons. The molecular weight excluding hydrogens is 1300 g/mol. The molecule has 0 aromatic heterocycles. The van der Waals surface area contributed by atoms with Crippen LogP contribution in [0.25, 0.3) is 0 Å². The molecule has 0 aliphatic carbocycles. The standard InChI is InChI=1S/6C10H16N.6FH2O2P/c6*1-11(2,3)9-10-7-5-4-6-8-10;6*1-4(2)3/h6*4-8H,9H2,1-3H3;6*4H,(H,2,3)/q6*+1;;;;;;/p-6. The molecule has 0 bridgehead atoms. The fourth-order valence-corrected chi connectivity index (χ4v) is 6.79. The Morgan fingerprint density at radius 2 is 0.278 bits per heavy atom. The van der Waals surface area contributed by atoms with Crippen LogP contribution in [0.15, 0.2) is 182 Å². The minimum atomic E-state index is -3.88. The van der Waals surface area contributed by atoms with Gasteiger partial charge < -0.3 is 83.6 Å². The summed E-state index contributed by atoms with van der Waals surface area (Å²) in [6.45, 7) is 6.59. The van der Waals surface area contributed by atoms with Crippen molar-refractivity contribution < 1.29 is 109 Å². The van der Waals surface area contributed by atoms with Gasteiger partial charge in [0.25, 0.3) is 0 Å². The Balaban J connectivity index is -0.000000219. The third-order valence-corrected chi connectivity index (χ3v) is 9.00. The Kier molecular flexibility index (Phi) is 59.5. The Hall–Kier alpha value is -4.20. The first-order valence-electron chi connectivity index (χ1n) is 27.1. The predicted molar refractivity (Wildman–Crippen MR) is 350 cm³/mol. The monoisotopic (exact) mass is 1400 g/mol. The lowest BCUT2D eigenvalue weighted by atomic mass is 10.2. The molecule has 0 saturated carbocycles. The van der Waals surface area contributed by atoms with Crippen LogP contribution < -0.4 is 29.4 Å². The number of nitrogens with zero attached hydrogens (tertiary/aromatic N) is 6. The van der Waals surface area contributed by atoms with Crippen LogP contribution in [0, 0.1) is 0 Å². The van der Waals surface area contributed by atoms with Gasteiger partial charge in [-0.05, 0) is 0 Å². The van der Waals surface area contributed by atoms with Gasteiger partial charge >= 0.3 is 0 Å². The largest absolute Gasteiger partial charge is 0.777 e. The van der Waals surface area contributed by atoms with Crippen LogP contribution in [0.2, 0.25) is 0 Å². The topological polar surface area (TPSA) is 241 Å². The van der Waals surface area contributed by atoms with Crippen molar-refractivity contribution >= 4 is 50.0 Å². The van der Waals surface area contributed by atoms with Crippen molar-refractivity contribution in [3.8, 4) is 0 Å². The number of hydrogen-bond donors (Lipinski definition) is 0. The van der Waals surface area contributed by atoms with Crippen molar-refractivity contribution in [2.24, 2.45) is 0 Å². The van der Waals surface area contributed by atoms with Gasteiger partial charge in [0, 0.05) is 33.4 Å². The van der Waals surface area contributed by atoms with E-state index in [1.807, 2.05) is 0 Å². The molecule has 0 aliphatic rings. The maximum Gasteiger partial charge on any atom is 0.169 e. The maximum absolute atomic E-state index is 9.99. The summed E-state index contributed by atoms with van der Waals surface area (Å²) in [5.74, 6) is 0. The highest BCUT2D eigenvalue weighted by molar-refractivity contribution is 7.30. The summed E-state index contributed by atoms with van der Waals surface area (Å²) in [4.78, 5) is 50.4. The van der Waals surface area contributed by atoms with Gasteiger partial charge in [0.1, 0.15) is 39.3 Å². The number of hydrogen-bond acceptors (Lipinski definition) is 12. The van der Waals surface area contributed by atoms with Crippen molar-refractivity contribution in [1.29, 1.82) is 0 Å². The van der Waals surface area contributed by atoms with E-state index >= 15 is 0 Å². The summed E-state index contributed by atoms with van der Waals surface area (Å²) in [6, 6.07) is 63.4. The lowest BCUT2D eigenvalue weighted by Gasteiger charge is -2.23. The molecule has 0 radical (unpaired) electrons. The molecule has 0 spiro atoms. The molecule has 0 heterocycles. The highest BCUT2D eigenvalue weighted by atomic mass is 31.2. The molecule has 6 aromatic rings. The van der Waals surface area contributed by atoms with Crippen molar-refractivity contribution in [3.63, 3.8) is 0 Å². The Morgan fingerprint density at radius 1 is 0.211 bits per heavy atom. The summed E-state index contributed by atoms with van der Waals surface area (Å²) >= 11 is 0. The second kappa shape index (κ2) is 55.3. The van der Waals surface area contributed by atoms with Crippen LogP contribution in [0.4, 0.5) is 25.2 Å². The summed E-state index contributed by atoms with van der Waals surface area (Å²) in [5, 5.41) is 0. The molecule has 0 aliphatic heterocycles. The summed E-state index contributed by atoms with van der Waals surface area (Å²) in [6.07, 6.45) is 0. The van der Waals surface area contributed by atoms with Gasteiger partial charge in [-0.3, -0.25) is 0 Å². The molecule has 6 aromatic carbocycles. The van der Waals surface area contributed by atoms with Crippen molar-refractivity contribution in [1.82, 2.24) is 0 Å². The zero-order chi connectivity index (χ0) is 71.4. The molecule has 0 N–H and O–H groups in total. The molecule has 18 nitrogen and oxygen atoms in total. The van der Waals surface area contributed by atoms with E-state index in [1.165, 1.54) is 33.4 Å². The fourth-order valence-electron chi connectivity index (χ4n) is 6.79. The Bertz CT molecular complexity index is 2260. The summed E-state index contributed by atoms with van der Waals surface area (Å²) < 4.78 is 116. The molecule has 30 heteroatoms. The zero-order valence-corrected chi connectivity index (χ0v) is 61.4. The van der Waals surface area contributed by atoms with E-state index in [9.17, 15) is 25.2 Å². The molecule has 0 fully saturated rings. The Labute approximate surface area is 538 Å².